The first-order valence-corrected chi connectivity index (χ1v) is 5.63. The Morgan fingerprint density at radius 1 is 1.47 bits per heavy atom. The summed E-state index contributed by atoms with van der Waals surface area (Å²) >= 11 is 1.61. The molecule has 2 aromatic rings. The second-order valence-corrected chi connectivity index (χ2v) is 4.17. The van der Waals surface area contributed by atoms with Gasteiger partial charge in [-0.1, -0.05) is 5.21 Å². The van der Waals surface area contributed by atoms with E-state index in [0.29, 0.717) is 0 Å². The number of aliphatic hydroxyl groups excluding tert-OH is 1. The van der Waals surface area contributed by atoms with Crippen molar-refractivity contribution in [3.8, 4) is 0 Å². The van der Waals surface area contributed by atoms with Crippen LogP contribution in [0.15, 0.2) is 17.9 Å². The Morgan fingerprint density at radius 3 is 3.13 bits per heavy atom. The van der Waals surface area contributed by atoms with E-state index in [1.807, 2.05) is 12.4 Å². The molecule has 0 spiro atoms. The summed E-state index contributed by atoms with van der Waals surface area (Å²) in [6.45, 7) is 0.915. The molecule has 1 N–H and O–H groups in total. The first kappa shape index (κ1) is 10.3. The summed E-state index contributed by atoms with van der Waals surface area (Å²) in [5.41, 5.74) is 2.73. The second kappa shape index (κ2) is 4.99. The molecule has 0 aromatic carbocycles. The van der Waals surface area contributed by atoms with E-state index in [-0.39, 0.29) is 6.61 Å². The fourth-order valence-electron chi connectivity index (χ4n) is 1.27. The Balaban J connectivity index is 1.95. The summed E-state index contributed by atoms with van der Waals surface area (Å²) in [6.07, 6.45) is 5.26. The minimum Gasteiger partial charge on any atom is -0.396 e. The van der Waals surface area contributed by atoms with E-state index in [1.165, 1.54) is 0 Å². The lowest BCUT2D eigenvalue weighted by molar-refractivity contribution is 0.288. The van der Waals surface area contributed by atoms with Gasteiger partial charge in [0.1, 0.15) is 0 Å². The quantitative estimate of drug-likeness (QED) is 0.812. The van der Waals surface area contributed by atoms with Crippen molar-refractivity contribution in [2.75, 3.05) is 6.61 Å². The van der Waals surface area contributed by atoms with Crippen LogP contribution in [0.5, 0.6) is 0 Å². The molecule has 0 aliphatic rings. The molecule has 5 nitrogen and oxygen atoms in total. The van der Waals surface area contributed by atoms with Gasteiger partial charge in [-0.15, -0.1) is 16.4 Å². The van der Waals surface area contributed by atoms with Gasteiger partial charge in [0.2, 0.25) is 0 Å². The number of nitrogens with zero attached hydrogens (tertiary/aromatic N) is 4. The molecule has 0 aliphatic heterocycles. The first-order valence-electron chi connectivity index (χ1n) is 4.75. The zero-order valence-electron chi connectivity index (χ0n) is 8.20. The first-order chi connectivity index (χ1) is 7.38. The Labute approximate surface area is 91.4 Å². The molecule has 0 aliphatic carbocycles. The van der Waals surface area contributed by atoms with Crippen LogP contribution < -0.4 is 0 Å². The lowest BCUT2D eigenvalue weighted by atomic mass is 10.3. The van der Waals surface area contributed by atoms with E-state index in [9.17, 15) is 0 Å². The Kier molecular flexibility index (Phi) is 3.41. The summed E-state index contributed by atoms with van der Waals surface area (Å²) < 4.78 is 1.79. The van der Waals surface area contributed by atoms with Crippen molar-refractivity contribution >= 4 is 11.3 Å². The van der Waals surface area contributed by atoms with Crippen molar-refractivity contribution in [1.82, 2.24) is 20.0 Å². The van der Waals surface area contributed by atoms with E-state index >= 15 is 0 Å². The Morgan fingerprint density at radius 2 is 2.40 bits per heavy atom. The zero-order valence-corrected chi connectivity index (χ0v) is 9.02. The van der Waals surface area contributed by atoms with Gasteiger partial charge in [0, 0.05) is 23.9 Å². The third-order valence-electron chi connectivity index (χ3n) is 1.98. The lowest BCUT2D eigenvalue weighted by Gasteiger charge is -1.94. The molecule has 15 heavy (non-hydrogen) atoms. The number of aliphatic hydroxyl groups is 1. The SMILES string of the molecule is OCCCc1cn(Cc2cncs2)nn1. The van der Waals surface area contributed by atoms with E-state index in [2.05, 4.69) is 15.3 Å². The third-order valence-corrected chi connectivity index (χ3v) is 2.74. The summed E-state index contributed by atoms with van der Waals surface area (Å²) in [5.74, 6) is 0. The highest BCUT2D eigenvalue weighted by Gasteiger charge is 2.02. The van der Waals surface area contributed by atoms with Crippen LogP contribution in [-0.4, -0.2) is 31.7 Å². The van der Waals surface area contributed by atoms with Crippen molar-refractivity contribution in [2.45, 2.75) is 19.4 Å². The van der Waals surface area contributed by atoms with Gasteiger partial charge >= 0.3 is 0 Å². The van der Waals surface area contributed by atoms with Crippen LogP contribution in [0.3, 0.4) is 0 Å². The van der Waals surface area contributed by atoms with Crippen LogP contribution in [0.2, 0.25) is 0 Å². The molecule has 0 fully saturated rings. The second-order valence-electron chi connectivity index (χ2n) is 3.20. The number of hydrogen-bond acceptors (Lipinski definition) is 5. The van der Waals surface area contributed by atoms with Crippen LogP contribution in [0.25, 0.3) is 0 Å². The van der Waals surface area contributed by atoms with Gasteiger partial charge in [0.15, 0.2) is 0 Å². The maximum atomic E-state index is 8.68. The summed E-state index contributed by atoms with van der Waals surface area (Å²) in [7, 11) is 0. The molecule has 0 atom stereocenters. The highest BCUT2D eigenvalue weighted by atomic mass is 32.1. The highest BCUT2D eigenvalue weighted by molar-refractivity contribution is 7.09. The maximum absolute atomic E-state index is 8.68. The molecular weight excluding hydrogens is 212 g/mol. The molecule has 6 heteroatoms. The van der Waals surface area contributed by atoms with Crippen molar-refractivity contribution in [3.05, 3.63) is 28.5 Å². The van der Waals surface area contributed by atoms with E-state index < -0.39 is 0 Å². The van der Waals surface area contributed by atoms with E-state index in [0.717, 1.165) is 30.0 Å². The van der Waals surface area contributed by atoms with E-state index in [1.54, 1.807) is 21.5 Å². The Bertz CT molecular complexity index is 398. The predicted molar refractivity (Wildman–Crippen MR) is 56.6 cm³/mol. The lowest BCUT2D eigenvalue weighted by Crippen LogP contribution is -1.98. The summed E-state index contributed by atoms with van der Waals surface area (Å²) in [5, 5.41) is 16.7. The van der Waals surface area contributed by atoms with Gasteiger partial charge in [-0.3, -0.25) is 4.98 Å². The zero-order chi connectivity index (χ0) is 10.5. The smallest absolute Gasteiger partial charge is 0.0828 e. The van der Waals surface area contributed by atoms with E-state index in [4.69, 9.17) is 5.11 Å². The van der Waals surface area contributed by atoms with Gasteiger partial charge in [0.25, 0.3) is 0 Å². The standard InChI is InChI=1S/C9H12N4OS/c14-3-1-2-8-5-13(12-11-8)6-9-4-10-7-15-9/h4-5,7,14H,1-3,6H2. The largest absolute Gasteiger partial charge is 0.396 e. The van der Waals surface area contributed by atoms with Crippen LogP contribution in [0.1, 0.15) is 17.0 Å². The maximum Gasteiger partial charge on any atom is 0.0828 e. The molecule has 0 unspecified atom stereocenters. The van der Waals surface area contributed by atoms with Crippen molar-refractivity contribution in [1.29, 1.82) is 0 Å². The molecule has 0 radical (unpaired) electrons. The van der Waals surface area contributed by atoms with Gasteiger partial charge in [-0.05, 0) is 12.8 Å². The minimum atomic E-state index is 0.196. The number of thiazole rings is 1. The molecule has 0 amide bonds. The summed E-state index contributed by atoms with van der Waals surface area (Å²) in [6, 6.07) is 0. The van der Waals surface area contributed by atoms with Crippen molar-refractivity contribution in [2.24, 2.45) is 0 Å². The van der Waals surface area contributed by atoms with Crippen LogP contribution >= 0.6 is 11.3 Å². The van der Waals surface area contributed by atoms with Crippen molar-refractivity contribution < 1.29 is 5.11 Å². The molecule has 2 heterocycles. The highest BCUT2D eigenvalue weighted by Crippen LogP contribution is 2.07. The minimum absolute atomic E-state index is 0.196. The molecule has 80 valence electrons. The average molecular weight is 224 g/mol. The molecule has 2 rings (SSSR count). The molecular formula is C9H12N4OS. The summed E-state index contributed by atoms with van der Waals surface area (Å²) in [4.78, 5) is 5.16. The van der Waals surface area contributed by atoms with Crippen LogP contribution in [0, 0.1) is 0 Å². The monoisotopic (exact) mass is 224 g/mol. The average Bonchev–Trinajstić information content (AvgIpc) is 2.87. The molecule has 0 saturated heterocycles. The fourth-order valence-corrected chi connectivity index (χ4v) is 1.86. The van der Waals surface area contributed by atoms with Gasteiger partial charge in [-0.2, -0.15) is 0 Å². The van der Waals surface area contributed by atoms with Gasteiger partial charge in [-0.25, -0.2) is 4.68 Å². The number of aromatic nitrogens is 4. The fraction of sp³-hybridized carbons (Fsp3) is 0.444. The van der Waals surface area contributed by atoms with Crippen molar-refractivity contribution in [3.63, 3.8) is 0 Å². The molecule has 0 bridgehead atoms. The van der Waals surface area contributed by atoms with Crippen LogP contribution in [-0.2, 0) is 13.0 Å². The third kappa shape index (κ3) is 2.84. The van der Waals surface area contributed by atoms with Gasteiger partial charge in [0.05, 0.1) is 17.7 Å². The van der Waals surface area contributed by atoms with Gasteiger partial charge < -0.3 is 5.11 Å². The number of hydrogen-bond donors (Lipinski definition) is 1. The Hall–Kier alpha value is -1.27. The molecule has 2 aromatic heterocycles. The normalized spacial score (nSPS) is 10.7. The number of rotatable bonds is 5. The molecule has 0 saturated carbocycles. The predicted octanol–water partition coefficient (Wildman–Crippen LogP) is 0.708. The topological polar surface area (TPSA) is 63.8 Å². The number of aryl methyl sites for hydroxylation is 1. The van der Waals surface area contributed by atoms with Crippen LogP contribution in [0.4, 0.5) is 0 Å².